The maximum atomic E-state index is 13.5. The molecule has 3 aromatic carbocycles. The number of benzene rings is 3. The number of rotatable bonds is 8. The summed E-state index contributed by atoms with van der Waals surface area (Å²) < 4.78 is 23.3. The number of anilines is 1. The monoisotopic (exact) mass is 521 g/mol. The van der Waals surface area contributed by atoms with Gasteiger partial charge in [0.25, 0.3) is 0 Å². The van der Waals surface area contributed by atoms with Crippen molar-refractivity contribution in [1.29, 1.82) is 0 Å². The fourth-order valence-electron chi connectivity index (χ4n) is 5.28. The van der Waals surface area contributed by atoms with Gasteiger partial charge in [0.1, 0.15) is 0 Å². The molecule has 0 saturated carbocycles. The van der Waals surface area contributed by atoms with Crippen LogP contribution >= 0.6 is 10.8 Å². The first-order valence-corrected chi connectivity index (χ1v) is 14.4. The normalized spacial score (nSPS) is 20.4. The first-order chi connectivity index (χ1) is 17.8. The molecule has 0 bridgehead atoms. The van der Waals surface area contributed by atoms with E-state index in [1.54, 1.807) is 4.31 Å². The Morgan fingerprint density at radius 2 is 1.73 bits per heavy atom. The maximum Gasteiger partial charge on any atom is 0.227 e. The van der Waals surface area contributed by atoms with E-state index in [0.29, 0.717) is 19.6 Å². The Morgan fingerprint density at radius 3 is 2.41 bits per heavy atom. The van der Waals surface area contributed by atoms with Gasteiger partial charge >= 0.3 is 0 Å². The highest BCUT2D eigenvalue weighted by Gasteiger charge is 2.34. The minimum absolute atomic E-state index is 0.00670. The number of aliphatic hydroxyl groups is 1. The van der Waals surface area contributed by atoms with Crippen molar-refractivity contribution in [2.24, 2.45) is 0 Å². The van der Waals surface area contributed by atoms with Crippen LogP contribution in [-0.4, -0.2) is 62.7 Å². The molecule has 1 saturated heterocycles. The number of carbonyl (C=O) groups excluding carboxylic acids is 1. The van der Waals surface area contributed by atoms with Gasteiger partial charge in [0.2, 0.25) is 5.91 Å². The van der Waals surface area contributed by atoms with E-state index < -0.39 is 10.8 Å². The third-order valence-electron chi connectivity index (χ3n) is 7.37. The van der Waals surface area contributed by atoms with Gasteiger partial charge in [-0.25, -0.2) is 0 Å². The average Bonchev–Trinajstić information content (AvgIpc) is 3.42. The number of β-amino-alcohol motifs (C(OH)–C–C–N with tert-alkyl or cyclic N) is 1. The predicted octanol–water partition coefficient (Wildman–Crippen LogP) is 4.68. The van der Waals surface area contributed by atoms with Crippen LogP contribution in [0.5, 0.6) is 0 Å². The Kier molecular flexibility index (Phi) is 7.55. The van der Waals surface area contributed by atoms with Crippen LogP contribution in [0.15, 0.2) is 78.9 Å². The standard InChI is InChI=1S/C29H35N3O4S/c1-30(28(24-10-6-3-7-11-24)20-31-15-14-26(33)19-31)29(34)17-23-12-13-25-21-37(35,36)32(27(25)16-23)18-22-8-4-2-5-9-22/h2-13,16,26,28,33,35-36H,14-15,17-21H2,1H3/t26?,28-/m1/s1. The van der Waals surface area contributed by atoms with E-state index in [0.717, 1.165) is 40.9 Å². The first-order valence-electron chi connectivity index (χ1n) is 12.7. The summed E-state index contributed by atoms with van der Waals surface area (Å²) in [6.45, 7) is 2.51. The van der Waals surface area contributed by atoms with Crippen molar-refractivity contribution in [3.05, 3.63) is 101 Å². The molecule has 0 aromatic heterocycles. The summed E-state index contributed by atoms with van der Waals surface area (Å²) in [6.07, 6.45) is 0.663. The van der Waals surface area contributed by atoms with Crippen LogP contribution in [0, 0.1) is 0 Å². The second kappa shape index (κ2) is 10.8. The zero-order valence-electron chi connectivity index (χ0n) is 21.1. The van der Waals surface area contributed by atoms with Crippen LogP contribution in [0.25, 0.3) is 0 Å². The minimum atomic E-state index is -2.96. The van der Waals surface area contributed by atoms with Crippen molar-refractivity contribution in [1.82, 2.24) is 9.80 Å². The molecule has 1 unspecified atom stereocenters. The van der Waals surface area contributed by atoms with Crippen LogP contribution in [-0.2, 0) is 23.5 Å². The quantitative estimate of drug-likeness (QED) is 0.399. The Balaban J connectivity index is 1.34. The van der Waals surface area contributed by atoms with Crippen LogP contribution in [0.4, 0.5) is 5.69 Å². The lowest BCUT2D eigenvalue weighted by atomic mass is 10.0. The molecule has 3 aromatic rings. The van der Waals surface area contributed by atoms with Crippen molar-refractivity contribution in [3.8, 4) is 0 Å². The molecule has 7 nitrogen and oxygen atoms in total. The number of amides is 1. The van der Waals surface area contributed by atoms with Crippen LogP contribution < -0.4 is 4.31 Å². The number of hydrogen-bond donors (Lipinski definition) is 3. The molecule has 2 atom stereocenters. The van der Waals surface area contributed by atoms with Gasteiger partial charge in [0.05, 0.1) is 36.6 Å². The van der Waals surface area contributed by atoms with Gasteiger partial charge in [-0.15, -0.1) is 10.8 Å². The van der Waals surface area contributed by atoms with Gasteiger partial charge in [-0.3, -0.25) is 23.1 Å². The number of likely N-dealkylation sites (N-methyl/N-ethyl adjacent to an activating group) is 1. The van der Waals surface area contributed by atoms with Gasteiger partial charge in [-0.2, -0.15) is 0 Å². The highest BCUT2D eigenvalue weighted by Crippen LogP contribution is 2.57. The molecule has 2 aliphatic rings. The summed E-state index contributed by atoms with van der Waals surface area (Å²) in [4.78, 5) is 17.5. The maximum absolute atomic E-state index is 13.5. The summed E-state index contributed by atoms with van der Waals surface area (Å²) in [5, 5.41) is 9.99. The molecule has 5 rings (SSSR count). The topological polar surface area (TPSA) is 87.5 Å². The number of hydrogen-bond acceptors (Lipinski definition) is 6. The number of fused-ring (bicyclic) bond motifs is 1. The van der Waals surface area contributed by atoms with Crippen molar-refractivity contribution in [3.63, 3.8) is 0 Å². The van der Waals surface area contributed by atoms with Crippen LogP contribution in [0.2, 0.25) is 0 Å². The summed E-state index contributed by atoms with van der Waals surface area (Å²) in [5.74, 6) is 0.189. The molecule has 1 fully saturated rings. The van der Waals surface area contributed by atoms with Crippen molar-refractivity contribution in [2.45, 2.75) is 37.3 Å². The largest absolute Gasteiger partial charge is 0.392 e. The van der Waals surface area contributed by atoms with E-state index in [4.69, 9.17) is 0 Å². The Bertz CT molecular complexity index is 1220. The molecule has 3 N–H and O–H groups in total. The molecule has 0 spiro atoms. The third kappa shape index (κ3) is 5.84. The van der Waals surface area contributed by atoms with Crippen LogP contribution in [0.3, 0.4) is 0 Å². The number of nitrogens with zero attached hydrogens (tertiary/aromatic N) is 3. The molecule has 1 amide bonds. The zero-order valence-corrected chi connectivity index (χ0v) is 21.9. The summed E-state index contributed by atoms with van der Waals surface area (Å²) in [6, 6.07) is 25.4. The van der Waals surface area contributed by atoms with E-state index >= 15 is 0 Å². The molecule has 2 heterocycles. The summed E-state index contributed by atoms with van der Waals surface area (Å²) >= 11 is 0. The minimum Gasteiger partial charge on any atom is -0.392 e. The van der Waals surface area contributed by atoms with E-state index in [9.17, 15) is 19.0 Å². The van der Waals surface area contributed by atoms with E-state index in [1.807, 2.05) is 90.8 Å². The van der Waals surface area contributed by atoms with Crippen molar-refractivity contribution in [2.75, 3.05) is 31.0 Å². The van der Waals surface area contributed by atoms with E-state index in [2.05, 4.69) is 4.90 Å². The lowest BCUT2D eigenvalue weighted by Crippen LogP contribution is -2.39. The number of aliphatic hydroxyl groups excluding tert-OH is 1. The summed E-state index contributed by atoms with van der Waals surface area (Å²) in [7, 11) is -1.12. The highest BCUT2D eigenvalue weighted by molar-refractivity contribution is 8.25. The second-order valence-electron chi connectivity index (χ2n) is 10.1. The van der Waals surface area contributed by atoms with Gasteiger partial charge in [0, 0.05) is 26.7 Å². The molecule has 8 heteroatoms. The molecule has 2 aliphatic heterocycles. The van der Waals surface area contributed by atoms with Crippen LogP contribution in [0.1, 0.15) is 34.7 Å². The van der Waals surface area contributed by atoms with E-state index in [-0.39, 0.29) is 30.2 Å². The second-order valence-corrected chi connectivity index (χ2v) is 12.1. The van der Waals surface area contributed by atoms with Gasteiger partial charge in [0.15, 0.2) is 0 Å². The lowest BCUT2D eigenvalue weighted by Gasteiger charge is -2.38. The molecular weight excluding hydrogens is 486 g/mol. The third-order valence-corrected chi connectivity index (χ3v) is 9.10. The molecular formula is C29H35N3O4S. The zero-order chi connectivity index (χ0) is 26.0. The fraction of sp³-hybridized carbons (Fsp3) is 0.345. The molecule has 0 aliphatic carbocycles. The first kappa shape index (κ1) is 25.8. The Labute approximate surface area is 220 Å². The lowest BCUT2D eigenvalue weighted by molar-refractivity contribution is -0.131. The fourth-order valence-corrected chi connectivity index (χ4v) is 6.94. The highest BCUT2D eigenvalue weighted by atomic mass is 32.3. The van der Waals surface area contributed by atoms with Crippen molar-refractivity contribution < 1.29 is 19.0 Å². The summed E-state index contributed by atoms with van der Waals surface area (Å²) in [5.41, 5.74) is 4.57. The van der Waals surface area contributed by atoms with Gasteiger partial charge in [-0.05, 0) is 34.7 Å². The Morgan fingerprint density at radius 1 is 1.03 bits per heavy atom. The molecule has 0 radical (unpaired) electrons. The number of likely N-dealkylation sites (tertiary alicyclic amines) is 1. The average molecular weight is 522 g/mol. The SMILES string of the molecule is CN(C(=O)Cc1ccc2c(c1)N(Cc1ccccc1)S(O)(O)C2)[C@H](CN1CCC(O)C1)c1ccccc1. The van der Waals surface area contributed by atoms with Gasteiger partial charge in [-0.1, -0.05) is 72.8 Å². The molecule has 37 heavy (non-hydrogen) atoms. The predicted molar refractivity (Wildman–Crippen MR) is 148 cm³/mol. The molecule has 196 valence electrons. The van der Waals surface area contributed by atoms with E-state index in [1.165, 1.54) is 0 Å². The number of carbonyl (C=O) groups is 1. The van der Waals surface area contributed by atoms with Crippen molar-refractivity contribution >= 4 is 22.4 Å². The Hall–Kier alpha value is -2.88. The van der Waals surface area contributed by atoms with Gasteiger partial charge < -0.3 is 10.0 Å². The smallest absolute Gasteiger partial charge is 0.227 e.